The smallest absolute Gasteiger partial charge is 0.336 e. The van der Waals surface area contributed by atoms with E-state index in [1.807, 2.05) is 0 Å². The van der Waals surface area contributed by atoms with Gasteiger partial charge >= 0.3 is 5.97 Å². The standard InChI is InChI=1S/C14H16N4O2S/c1-2-3-8-12-16-17-14(21)18(12)15-9-10-6-4-5-7-11(10)13(19)20/h4-7,9H,2-3,8H2,1H3,(H,17,21)(H,19,20)/b15-9+. The van der Waals surface area contributed by atoms with Gasteiger partial charge in [-0.3, -0.25) is 5.10 Å². The monoisotopic (exact) mass is 304 g/mol. The number of unbranched alkanes of at least 4 members (excludes halogenated alkanes) is 1. The topological polar surface area (TPSA) is 83.3 Å². The van der Waals surface area contributed by atoms with Gasteiger partial charge in [-0.05, 0) is 24.7 Å². The number of nitrogens with one attached hydrogen (secondary N) is 1. The normalized spacial score (nSPS) is 11.1. The molecule has 0 spiro atoms. The molecule has 1 heterocycles. The van der Waals surface area contributed by atoms with E-state index in [4.69, 9.17) is 17.3 Å². The highest BCUT2D eigenvalue weighted by molar-refractivity contribution is 7.71. The Labute approximate surface area is 127 Å². The summed E-state index contributed by atoms with van der Waals surface area (Å²) in [5, 5.41) is 20.2. The van der Waals surface area contributed by atoms with E-state index in [0.29, 0.717) is 10.3 Å². The van der Waals surface area contributed by atoms with Crippen LogP contribution in [-0.2, 0) is 6.42 Å². The number of aryl methyl sites for hydroxylation is 1. The number of carboxylic acid groups (broad SMARTS) is 1. The number of carbonyl (C=O) groups is 1. The summed E-state index contributed by atoms with van der Waals surface area (Å²) in [5.41, 5.74) is 0.723. The van der Waals surface area contributed by atoms with Crippen LogP contribution < -0.4 is 0 Å². The van der Waals surface area contributed by atoms with Crippen LogP contribution in [-0.4, -0.2) is 32.2 Å². The van der Waals surface area contributed by atoms with Crippen molar-refractivity contribution >= 4 is 24.4 Å². The second-order valence-corrected chi connectivity index (χ2v) is 4.88. The van der Waals surface area contributed by atoms with Gasteiger partial charge in [-0.2, -0.15) is 14.9 Å². The molecular formula is C14H16N4O2S. The fraction of sp³-hybridized carbons (Fsp3) is 0.286. The van der Waals surface area contributed by atoms with E-state index in [1.165, 1.54) is 17.0 Å². The molecule has 0 aliphatic carbocycles. The molecule has 1 aromatic carbocycles. The molecule has 0 radical (unpaired) electrons. The van der Waals surface area contributed by atoms with Crippen molar-refractivity contribution in [3.05, 3.63) is 46.0 Å². The third-order valence-corrected chi connectivity index (χ3v) is 3.24. The summed E-state index contributed by atoms with van der Waals surface area (Å²) in [6, 6.07) is 6.68. The number of carboxylic acids is 1. The lowest BCUT2D eigenvalue weighted by atomic mass is 10.1. The van der Waals surface area contributed by atoms with E-state index in [1.54, 1.807) is 18.2 Å². The molecule has 2 aromatic rings. The first kappa shape index (κ1) is 15.1. The van der Waals surface area contributed by atoms with Gasteiger partial charge in [0, 0.05) is 12.0 Å². The molecule has 21 heavy (non-hydrogen) atoms. The van der Waals surface area contributed by atoms with Crippen LogP contribution in [0.4, 0.5) is 0 Å². The number of aromatic amines is 1. The predicted octanol–water partition coefficient (Wildman–Crippen LogP) is 2.86. The van der Waals surface area contributed by atoms with Crippen LogP contribution in [0.5, 0.6) is 0 Å². The van der Waals surface area contributed by atoms with Crippen molar-refractivity contribution < 1.29 is 9.90 Å². The number of rotatable bonds is 6. The van der Waals surface area contributed by atoms with Gasteiger partial charge in [0.15, 0.2) is 5.82 Å². The summed E-state index contributed by atoms with van der Waals surface area (Å²) in [7, 11) is 0. The van der Waals surface area contributed by atoms with Crippen molar-refractivity contribution in [1.82, 2.24) is 14.9 Å². The highest BCUT2D eigenvalue weighted by Gasteiger charge is 2.08. The fourth-order valence-corrected chi connectivity index (χ4v) is 2.06. The summed E-state index contributed by atoms with van der Waals surface area (Å²) in [4.78, 5) is 11.2. The summed E-state index contributed by atoms with van der Waals surface area (Å²) in [6.07, 6.45) is 4.29. The van der Waals surface area contributed by atoms with Crippen molar-refractivity contribution in [3.63, 3.8) is 0 Å². The lowest BCUT2D eigenvalue weighted by Gasteiger charge is -2.01. The number of hydrogen-bond donors (Lipinski definition) is 2. The Morgan fingerprint density at radius 1 is 1.52 bits per heavy atom. The second-order valence-electron chi connectivity index (χ2n) is 4.50. The maximum atomic E-state index is 11.2. The molecule has 0 bridgehead atoms. The molecule has 0 saturated carbocycles. The van der Waals surface area contributed by atoms with Crippen LogP contribution in [0.3, 0.4) is 0 Å². The molecule has 6 nitrogen and oxygen atoms in total. The van der Waals surface area contributed by atoms with E-state index < -0.39 is 5.97 Å². The van der Waals surface area contributed by atoms with Gasteiger partial charge in [0.2, 0.25) is 4.77 Å². The Bertz CT molecular complexity index is 718. The van der Waals surface area contributed by atoms with Gasteiger partial charge < -0.3 is 5.11 Å². The Hall–Kier alpha value is -2.28. The zero-order valence-corrected chi connectivity index (χ0v) is 12.4. The van der Waals surface area contributed by atoms with Crippen molar-refractivity contribution in [2.45, 2.75) is 26.2 Å². The quantitative estimate of drug-likeness (QED) is 0.635. The van der Waals surface area contributed by atoms with Crippen LogP contribution in [0.15, 0.2) is 29.4 Å². The highest BCUT2D eigenvalue weighted by atomic mass is 32.1. The molecule has 2 N–H and O–H groups in total. The average molecular weight is 304 g/mol. The Balaban J connectivity index is 2.32. The third kappa shape index (κ3) is 3.63. The molecule has 110 valence electrons. The van der Waals surface area contributed by atoms with Crippen LogP contribution >= 0.6 is 12.2 Å². The van der Waals surface area contributed by atoms with Crippen LogP contribution in [0.2, 0.25) is 0 Å². The third-order valence-electron chi connectivity index (χ3n) is 2.97. The van der Waals surface area contributed by atoms with E-state index in [-0.39, 0.29) is 5.56 Å². The Morgan fingerprint density at radius 2 is 2.29 bits per heavy atom. The van der Waals surface area contributed by atoms with E-state index in [9.17, 15) is 4.79 Å². The van der Waals surface area contributed by atoms with Crippen LogP contribution in [0, 0.1) is 4.77 Å². The number of benzene rings is 1. The molecule has 0 amide bonds. The van der Waals surface area contributed by atoms with E-state index in [0.717, 1.165) is 25.1 Å². The number of aromatic carboxylic acids is 1. The maximum absolute atomic E-state index is 11.2. The summed E-state index contributed by atoms with van der Waals surface area (Å²) in [6.45, 7) is 2.10. The van der Waals surface area contributed by atoms with Crippen molar-refractivity contribution in [2.75, 3.05) is 0 Å². The molecule has 2 rings (SSSR count). The SMILES string of the molecule is CCCCc1n[nH]c(=S)n1/N=C/c1ccccc1C(=O)O. The van der Waals surface area contributed by atoms with Crippen LogP contribution in [0.1, 0.15) is 41.5 Å². The number of H-pyrrole nitrogens is 1. The average Bonchev–Trinajstić information content (AvgIpc) is 2.83. The Kier molecular flexibility index (Phi) is 4.99. The molecule has 0 aliphatic rings. The van der Waals surface area contributed by atoms with Crippen molar-refractivity contribution in [1.29, 1.82) is 0 Å². The number of aromatic nitrogens is 3. The Morgan fingerprint density at radius 3 is 3.00 bits per heavy atom. The predicted molar refractivity (Wildman–Crippen MR) is 82.4 cm³/mol. The minimum atomic E-state index is -0.987. The van der Waals surface area contributed by atoms with Gasteiger partial charge in [0.25, 0.3) is 0 Å². The molecule has 7 heteroatoms. The molecule has 0 fully saturated rings. The zero-order valence-electron chi connectivity index (χ0n) is 11.6. The van der Waals surface area contributed by atoms with E-state index >= 15 is 0 Å². The van der Waals surface area contributed by atoms with Crippen molar-refractivity contribution in [3.8, 4) is 0 Å². The number of nitrogens with zero attached hydrogens (tertiary/aromatic N) is 3. The first-order valence-electron chi connectivity index (χ1n) is 6.66. The summed E-state index contributed by atoms with van der Waals surface area (Å²) in [5.74, 6) is -0.245. The summed E-state index contributed by atoms with van der Waals surface area (Å²) < 4.78 is 1.93. The minimum Gasteiger partial charge on any atom is -0.478 e. The van der Waals surface area contributed by atoms with Gasteiger partial charge in [0.1, 0.15) is 0 Å². The van der Waals surface area contributed by atoms with Gasteiger partial charge in [0.05, 0.1) is 11.8 Å². The molecule has 0 unspecified atom stereocenters. The molecule has 1 aromatic heterocycles. The van der Waals surface area contributed by atoms with Crippen molar-refractivity contribution in [2.24, 2.45) is 5.10 Å². The second kappa shape index (κ2) is 6.94. The number of hydrogen-bond acceptors (Lipinski definition) is 4. The molecule has 0 saturated heterocycles. The highest BCUT2D eigenvalue weighted by Crippen LogP contribution is 2.08. The molecule has 0 aliphatic heterocycles. The minimum absolute atomic E-state index is 0.200. The lowest BCUT2D eigenvalue weighted by molar-refractivity contribution is 0.0697. The van der Waals surface area contributed by atoms with Gasteiger partial charge in [-0.25, -0.2) is 4.79 Å². The zero-order chi connectivity index (χ0) is 15.2. The first-order chi connectivity index (χ1) is 10.1. The summed E-state index contributed by atoms with van der Waals surface area (Å²) >= 11 is 5.14. The van der Waals surface area contributed by atoms with Crippen LogP contribution in [0.25, 0.3) is 0 Å². The molecule has 0 atom stereocenters. The first-order valence-corrected chi connectivity index (χ1v) is 7.07. The van der Waals surface area contributed by atoms with E-state index in [2.05, 4.69) is 22.2 Å². The molecular weight excluding hydrogens is 288 g/mol. The largest absolute Gasteiger partial charge is 0.478 e. The van der Waals surface area contributed by atoms with Gasteiger partial charge in [-0.1, -0.05) is 31.5 Å². The lowest BCUT2D eigenvalue weighted by Crippen LogP contribution is -2.03. The maximum Gasteiger partial charge on any atom is 0.336 e. The van der Waals surface area contributed by atoms with Gasteiger partial charge in [-0.15, -0.1) is 0 Å². The fourth-order valence-electron chi connectivity index (χ4n) is 1.86.